The van der Waals surface area contributed by atoms with Gasteiger partial charge in [-0.05, 0) is 43.2 Å². The van der Waals surface area contributed by atoms with E-state index >= 15 is 0 Å². The van der Waals surface area contributed by atoms with Gasteiger partial charge in [-0.25, -0.2) is 13.1 Å². The lowest BCUT2D eigenvalue weighted by atomic mass is 10.1. The van der Waals surface area contributed by atoms with Crippen molar-refractivity contribution < 1.29 is 8.42 Å². The van der Waals surface area contributed by atoms with Crippen LogP contribution in [-0.4, -0.2) is 14.5 Å². The molecule has 0 saturated carbocycles. The van der Waals surface area contributed by atoms with Gasteiger partial charge in [0, 0.05) is 11.1 Å². The molecule has 5 heteroatoms. The molecule has 0 aromatic heterocycles. The van der Waals surface area contributed by atoms with Crippen molar-refractivity contribution in [2.45, 2.75) is 24.3 Å². The highest BCUT2D eigenvalue weighted by Crippen LogP contribution is 2.14. The average molecular weight is 362 g/mol. The first-order chi connectivity index (χ1) is 11.4. The minimum Gasteiger partial charge on any atom is -0.207 e. The Morgan fingerprint density at radius 1 is 1.12 bits per heavy atom. The second kappa shape index (κ2) is 8.29. The molecular formula is C19H20ClNO2S. The third-order valence-electron chi connectivity index (χ3n) is 3.45. The van der Waals surface area contributed by atoms with Crippen molar-refractivity contribution in [1.82, 2.24) is 4.72 Å². The van der Waals surface area contributed by atoms with Crippen LogP contribution >= 0.6 is 11.6 Å². The Morgan fingerprint density at radius 3 is 2.33 bits per heavy atom. The molecule has 1 atom stereocenters. The lowest BCUT2D eigenvalue weighted by Crippen LogP contribution is -2.33. The summed E-state index contributed by atoms with van der Waals surface area (Å²) < 4.78 is 27.7. The minimum absolute atomic E-state index is 0.252. The highest BCUT2D eigenvalue weighted by Gasteiger charge is 2.17. The number of benzene rings is 2. The maximum Gasteiger partial charge on any atom is 0.241 e. The Balaban J connectivity index is 2.16. The van der Waals surface area contributed by atoms with Crippen LogP contribution in [0.2, 0.25) is 5.02 Å². The SMILES string of the molecule is C=CCC(/C=C/c1ccc(Cl)cc1)NS(=O)(=O)c1ccc(C)cc1. The topological polar surface area (TPSA) is 46.2 Å². The third kappa shape index (κ3) is 5.34. The van der Waals surface area contributed by atoms with Gasteiger partial charge in [-0.3, -0.25) is 0 Å². The van der Waals surface area contributed by atoms with Gasteiger partial charge in [-0.2, -0.15) is 0 Å². The predicted octanol–water partition coefficient (Wildman–Crippen LogP) is 4.58. The fraction of sp³-hybridized carbons (Fsp3) is 0.158. The van der Waals surface area contributed by atoms with Crippen LogP contribution in [-0.2, 0) is 10.0 Å². The molecule has 0 bridgehead atoms. The summed E-state index contributed by atoms with van der Waals surface area (Å²) in [4.78, 5) is 0.252. The van der Waals surface area contributed by atoms with Crippen molar-refractivity contribution >= 4 is 27.7 Å². The minimum atomic E-state index is -3.58. The van der Waals surface area contributed by atoms with Crippen molar-refractivity contribution in [3.63, 3.8) is 0 Å². The highest BCUT2D eigenvalue weighted by molar-refractivity contribution is 7.89. The van der Waals surface area contributed by atoms with Gasteiger partial charge in [0.25, 0.3) is 0 Å². The van der Waals surface area contributed by atoms with Crippen molar-refractivity contribution in [1.29, 1.82) is 0 Å². The van der Waals surface area contributed by atoms with Gasteiger partial charge in [0.2, 0.25) is 10.0 Å². The third-order valence-corrected chi connectivity index (χ3v) is 5.21. The van der Waals surface area contributed by atoms with Crippen LogP contribution in [0, 0.1) is 6.92 Å². The van der Waals surface area contributed by atoms with Gasteiger partial charge >= 0.3 is 0 Å². The summed E-state index contributed by atoms with van der Waals surface area (Å²) in [7, 11) is -3.58. The van der Waals surface area contributed by atoms with Gasteiger partial charge in [0.05, 0.1) is 4.90 Å². The van der Waals surface area contributed by atoms with Gasteiger partial charge in [0.1, 0.15) is 0 Å². The zero-order valence-corrected chi connectivity index (χ0v) is 15.0. The number of hydrogen-bond donors (Lipinski definition) is 1. The molecule has 0 aliphatic carbocycles. The van der Waals surface area contributed by atoms with Crippen molar-refractivity contribution in [3.05, 3.63) is 83.4 Å². The van der Waals surface area contributed by atoms with E-state index in [1.807, 2.05) is 31.2 Å². The number of halogens is 1. The number of aryl methyl sites for hydroxylation is 1. The molecule has 1 N–H and O–H groups in total. The zero-order valence-electron chi connectivity index (χ0n) is 13.4. The number of rotatable bonds is 7. The van der Waals surface area contributed by atoms with E-state index in [9.17, 15) is 8.42 Å². The largest absolute Gasteiger partial charge is 0.241 e. The normalized spacial score (nSPS) is 13.1. The molecule has 2 rings (SSSR count). The molecular weight excluding hydrogens is 342 g/mol. The number of sulfonamides is 1. The van der Waals surface area contributed by atoms with Crippen LogP contribution in [0.25, 0.3) is 6.08 Å². The molecule has 0 amide bonds. The van der Waals surface area contributed by atoms with Crippen LogP contribution in [0.15, 0.2) is 72.2 Å². The average Bonchev–Trinajstić information content (AvgIpc) is 2.54. The van der Waals surface area contributed by atoms with E-state index in [1.54, 1.807) is 42.5 Å². The lowest BCUT2D eigenvalue weighted by molar-refractivity contribution is 0.571. The molecule has 0 heterocycles. The smallest absolute Gasteiger partial charge is 0.207 e. The van der Waals surface area contributed by atoms with Crippen LogP contribution in [0.4, 0.5) is 0 Å². The summed E-state index contributed by atoms with van der Waals surface area (Å²) in [6.45, 7) is 5.61. The maximum atomic E-state index is 12.5. The van der Waals surface area contributed by atoms with Crippen LogP contribution in [0.5, 0.6) is 0 Å². The Kier molecular flexibility index (Phi) is 6.37. The van der Waals surface area contributed by atoms with E-state index in [0.29, 0.717) is 11.4 Å². The van der Waals surface area contributed by atoms with E-state index in [4.69, 9.17) is 11.6 Å². The molecule has 0 aliphatic heterocycles. The molecule has 2 aromatic carbocycles. The fourth-order valence-corrected chi connectivity index (χ4v) is 3.46. The van der Waals surface area contributed by atoms with Crippen molar-refractivity contribution in [2.75, 3.05) is 0 Å². The molecule has 0 aliphatic rings. The van der Waals surface area contributed by atoms with E-state index in [2.05, 4.69) is 11.3 Å². The molecule has 0 saturated heterocycles. The molecule has 0 fully saturated rings. The molecule has 3 nitrogen and oxygen atoms in total. The number of hydrogen-bond acceptors (Lipinski definition) is 2. The lowest BCUT2D eigenvalue weighted by Gasteiger charge is -2.14. The summed E-state index contributed by atoms with van der Waals surface area (Å²) in [5.41, 5.74) is 1.96. The Hall–Kier alpha value is -1.88. The van der Waals surface area contributed by atoms with E-state index in [-0.39, 0.29) is 10.9 Å². The van der Waals surface area contributed by atoms with Crippen LogP contribution in [0.1, 0.15) is 17.5 Å². The van der Waals surface area contributed by atoms with Crippen molar-refractivity contribution in [3.8, 4) is 0 Å². The quantitative estimate of drug-likeness (QED) is 0.733. The summed E-state index contributed by atoms with van der Waals surface area (Å²) >= 11 is 5.86. The van der Waals surface area contributed by atoms with Crippen molar-refractivity contribution in [2.24, 2.45) is 0 Å². The van der Waals surface area contributed by atoms with Gasteiger partial charge in [-0.15, -0.1) is 6.58 Å². The molecule has 0 radical (unpaired) electrons. The zero-order chi connectivity index (χ0) is 17.6. The van der Waals surface area contributed by atoms with Gasteiger partial charge < -0.3 is 0 Å². The summed E-state index contributed by atoms with van der Waals surface area (Å²) in [5.74, 6) is 0. The Morgan fingerprint density at radius 2 is 1.75 bits per heavy atom. The summed E-state index contributed by atoms with van der Waals surface area (Å²) in [6.07, 6.45) is 5.86. The summed E-state index contributed by atoms with van der Waals surface area (Å²) in [5, 5.41) is 0.662. The first kappa shape index (κ1) is 18.5. The fourth-order valence-electron chi connectivity index (χ4n) is 2.13. The van der Waals surface area contributed by atoms with Crippen LogP contribution < -0.4 is 4.72 Å². The highest BCUT2D eigenvalue weighted by atomic mass is 35.5. The first-order valence-corrected chi connectivity index (χ1v) is 9.40. The molecule has 126 valence electrons. The monoisotopic (exact) mass is 361 g/mol. The molecule has 1 unspecified atom stereocenters. The second-order valence-electron chi connectivity index (χ2n) is 5.48. The summed E-state index contributed by atoms with van der Waals surface area (Å²) in [6, 6.07) is 13.7. The molecule has 0 spiro atoms. The molecule has 2 aromatic rings. The predicted molar refractivity (Wildman–Crippen MR) is 101 cm³/mol. The second-order valence-corrected chi connectivity index (χ2v) is 7.63. The van der Waals surface area contributed by atoms with Gasteiger partial charge in [0.15, 0.2) is 0 Å². The first-order valence-electron chi connectivity index (χ1n) is 7.54. The standard InChI is InChI=1S/C19H20ClNO2S/c1-3-4-18(12-9-16-7-10-17(20)11-8-16)21-24(22,23)19-13-5-15(2)6-14-19/h3,5-14,18,21H,1,4H2,2H3/b12-9+. The van der Waals surface area contributed by atoms with Gasteiger partial charge in [-0.1, -0.05) is 59.7 Å². The Labute approximate surface area is 148 Å². The molecule has 24 heavy (non-hydrogen) atoms. The Bertz CT molecular complexity index is 809. The van der Waals surface area contributed by atoms with E-state index in [0.717, 1.165) is 11.1 Å². The van der Waals surface area contributed by atoms with E-state index in [1.165, 1.54) is 0 Å². The van der Waals surface area contributed by atoms with E-state index < -0.39 is 10.0 Å². The maximum absolute atomic E-state index is 12.5. The van der Waals surface area contributed by atoms with Crippen LogP contribution in [0.3, 0.4) is 0 Å². The number of nitrogens with one attached hydrogen (secondary N) is 1.